The molecule has 4 nitrogen and oxygen atoms in total. The summed E-state index contributed by atoms with van der Waals surface area (Å²) in [4.78, 5) is 16.8. The minimum atomic E-state index is -0.926. The van der Waals surface area contributed by atoms with Crippen LogP contribution in [0.2, 0.25) is 5.02 Å². The number of carbonyl (C=O) groups excluding carboxylic acids is 1. The number of nitrogens with zero attached hydrogens (tertiary/aromatic N) is 1. The summed E-state index contributed by atoms with van der Waals surface area (Å²) in [5.74, 6) is -0.806. The Morgan fingerprint density at radius 2 is 1.69 bits per heavy atom. The van der Waals surface area contributed by atoms with E-state index in [0.717, 1.165) is 28.8 Å². The fourth-order valence-corrected chi connectivity index (χ4v) is 5.79. The maximum absolute atomic E-state index is 13.9. The first-order valence-electron chi connectivity index (χ1n) is 11.3. The molecule has 0 saturated heterocycles. The van der Waals surface area contributed by atoms with Crippen LogP contribution in [0.1, 0.15) is 32.4 Å². The van der Waals surface area contributed by atoms with Crippen LogP contribution in [-0.2, 0) is 6.42 Å². The van der Waals surface area contributed by atoms with Gasteiger partial charge in [-0.2, -0.15) is 0 Å². The van der Waals surface area contributed by atoms with Gasteiger partial charge < -0.3 is 14.4 Å². The lowest BCUT2D eigenvalue weighted by Gasteiger charge is -2.38. The summed E-state index contributed by atoms with van der Waals surface area (Å²) < 4.78 is 38.2. The average molecular weight is 526 g/mol. The quantitative estimate of drug-likeness (QED) is 0.278. The zero-order valence-corrected chi connectivity index (χ0v) is 21.1. The zero-order chi connectivity index (χ0) is 25.4. The Kier molecular flexibility index (Phi) is 6.69. The van der Waals surface area contributed by atoms with Crippen LogP contribution in [-0.4, -0.2) is 31.6 Å². The van der Waals surface area contributed by atoms with Crippen LogP contribution in [0.25, 0.3) is 10.4 Å². The Hall–Kier alpha value is -3.42. The van der Waals surface area contributed by atoms with Crippen molar-refractivity contribution >= 4 is 28.8 Å². The fourth-order valence-electron chi connectivity index (χ4n) is 4.60. The van der Waals surface area contributed by atoms with E-state index in [4.69, 9.17) is 21.1 Å². The van der Waals surface area contributed by atoms with Crippen molar-refractivity contribution in [1.82, 2.24) is 4.90 Å². The summed E-state index contributed by atoms with van der Waals surface area (Å²) in [7, 11) is 3.17. The number of methoxy groups -OCH3 is 2. The van der Waals surface area contributed by atoms with Crippen LogP contribution >= 0.6 is 22.9 Å². The lowest BCUT2D eigenvalue weighted by Crippen LogP contribution is -2.40. The van der Waals surface area contributed by atoms with Gasteiger partial charge in [0.05, 0.1) is 25.1 Å². The number of benzene rings is 3. The molecule has 1 aliphatic rings. The number of halogens is 3. The third kappa shape index (κ3) is 4.33. The van der Waals surface area contributed by atoms with Crippen molar-refractivity contribution in [1.29, 1.82) is 0 Å². The van der Waals surface area contributed by atoms with Crippen LogP contribution < -0.4 is 9.47 Å². The Morgan fingerprint density at radius 1 is 0.944 bits per heavy atom. The molecule has 0 radical (unpaired) electrons. The smallest absolute Gasteiger partial charge is 0.264 e. The molecular formula is C28H22ClF2NO3S. The number of fused-ring (bicyclic) bond motifs is 1. The number of rotatable bonds is 5. The highest BCUT2D eigenvalue weighted by molar-refractivity contribution is 7.17. The highest BCUT2D eigenvalue weighted by Crippen LogP contribution is 2.43. The first kappa shape index (κ1) is 24.3. The van der Waals surface area contributed by atoms with Crippen LogP contribution in [0.15, 0.2) is 66.7 Å². The van der Waals surface area contributed by atoms with Crippen LogP contribution in [0, 0.1) is 11.6 Å². The number of hydrogen-bond donors (Lipinski definition) is 0. The van der Waals surface area contributed by atoms with Gasteiger partial charge in [0, 0.05) is 16.4 Å². The topological polar surface area (TPSA) is 38.8 Å². The largest absolute Gasteiger partial charge is 0.493 e. The van der Waals surface area contributed by atoms with Crippen LogP contribution in [0.5, 0.6) is 11.5 Å². The Balaban J connectivity index is 1.57. The zero-order valence-electron chi connectivity index (χ0n) is 19.6. The Labute approximate surface area is 216 Å². The third-order valence-electron chi connectivity index (χ3n) is 6.36. The van der Waals surface area contributed by atoms with E-state index in [1.165, 1.54) is 17.4 Å². The van der Waals surface area contributed by atoms with Gasteiger partial charge in [-0.25, -0.2) is 8.78 Å². The average Bonchev–Trinajstić information content (AvgIpc) is 3.39. The molecule has 0 saturated carbocycles. The van der Waals surface area contributed by atoms with Gasteiger partial charge in [-0.1, -0.05) is 35.9 Å². The van der Waals surface area contributed by atoms with Crippen molar-refractivity contribution in [3.63, 3.8) is 0 Å². The van der Waals surface area contributed by atoms with Gasteiger partial charge in [-0.05, 0) is 71.1 Å². The molecule has 3 aromatic carbocycles. The predicted octanol–water partition coefficient (Wildman–Crippen LogP) is 7.15. The molecule has 0 fully saturated rings. The number of hydrogen-bond acceptors (Lipinski definition) is 4. The van der Waals surface area contributed by atoms with E-state index < -0.39 is 17.7 Å². The number of amides is 1. The molecule has 8 heteroatoms. The number of carbonyl (C=O) groups is 1. The summed E-state index contributed by atoms with van der Waals surface area (Å²) in [6.07, 6.45) is 0.629. The van der Waals surface area contributed by atoms with Crippen LogP contribution in [0.3, 0.4) is 0 Å². The monoisotopic (exact) mass is 525 g/mol. The summed E-state index contributed by atoms with van der Waals surface area (Å²) in [6.45, 7) is 0.468. The van der Waals surface area contributed by atoms with Gasteiger partial charge in [0.15, 0.2) is 23.1 Å². The lowest BCUT2D eigenvalue weighted by atomic mass is 9.87. The van der Waals surface area contributed by atoms with Crippen molar-refractivity contribution in [2.45, 2.75) is 12.5 Å². The van der Waals surface area contributed by atoms with Crippen molar-refractivity contribution in [3.05, 3.63) is 105 Å². The van der Waals surface area contributed by atoms with Crippen LogP contribution in [0.4, 0.5) is 8.78 Å². The first-order valence-corrected chi connectivity index (χ1v) is 12.5. The number of ether oxygens (including phenoxy) is 2. The van der Waals surface area contributed by atoms with Gasteiger partial charge >= 0.3 is 0 Å². The van der Waals surface area contributed by atoms with Gasteiger partial charge in [0.1, 0.15) is 0 Å². The van der Waals surface area contributed by atoms with E-state index in [-0.39, 0.29) is 5.91 Å². The van der Waals surface area contributed by atoms with E-state index in [1.54, 1.807) is 37.3 Å². The number of thiophene rings is 1. The molecule has 36 heavy (non-hydrogen) atoms. The standard InChI is InChI=1S/C28H22ClF2NO3S/c1-34-23-14-16-11-12-32(27(19(16)15-24(23)35-2)18-5-3-4-6-20(18)29)28(33)26-10-9-25(36-26)17-7-8-21(30)22(31)13-17/h3-10,13-15,27H,11-12H2,1-2H3/t27-/m0/s1. The molecule has 0 bridgehead atoms. The predicted molar refractivity (Wildman–Crippen MR) is 137 cm³/mol. The third-order valence-corrected chi connectivity index (χ3v) is 7.82. The molecular weight excluding hydrogens is 504 g/mol. The van der Waals surface area contributed by atoms with E-state index in [1.807, 2.05) is 30.3 Å². The molecule has 0 N–H and O–H groups in total. The van der Waals surface area contributed by atoms with Gasteiger partial charge in [-0.3, -0.25) is 4.79 Å². The van der Waals surface area contributed by atoms with Crippen molar-refractivity contribution in [2.75, 3.05) is 20.8 Å². The molecule has 1 aliphatic heterocycles. The molecule has 0 unspecified atom stereocenters. The highest BCUT2D eigenvalue weighted by Gasteiger charge is 2.35. The SMILES string of the molecule is COc1cc2c(cc1OC)[C@H](c1ccccc1Cl)N(C(=O)c1ccc(-c3ccc(F)c(F)c3)s1)CC2. The maximum atomic E-state index is 13.9. The van der Waals surface area contributed by atoms with E-state index in [2.05, 4.69) is 0 Å². The molecule has 184 valence electrons. The molecule has 1 aromatic heterocycles. The molecule has 0 spiro atoms. The van der Waals surface area contributed by atoms with Crippen molar-refractivity contribution in [3.8, 4) is 21.9 Å². The molecule has 4 aromatic rings. The van der Waals surface area contributed by atoms with E-state index in [0.29, 0.717) is 44.8 Å². The molecule has 2 heterocycles. The second-order valence-electron chi connectivity index (χ2n) is 8.37. The Morgan fingerprint density at radius 3 is 2.42 bits per heavy atom. The van der Waals surface area contributed by atoms with Crippen molar-refractivity contribution < 1.29 is 23.0 Å². The van der Waals surface area contributed by atoms with Gasteiger partial charge in [0.2, 0.25) is 0 Å². The molecule has 5 rings (SSSR count). The minimum absolute atomic E-state index is 0.167. The highest BCUT2D eigenvalue weighted by atomic mass is 35.5. The summed E-state index contributed by atoms with van der Waals surface area (Å²) in [6, 6.07) is 18.1. The Bertz CT molecular complexity index is 1450. The lowest BCUT2D eigenvalue weighted by molar-refractivity contribution is 0.0699. The second-order valence-corrected chi connectivity index (χ2v) is 9.86. The maximum Gasteiger partial charge on any atom is 0.264 e. The molecule has 1 amide bonds. The normalized spacial score (nSPS) is 14.9. The van der Waals surface area contributed by atoms with E-state index >= 15 is 0 Å². The second kappa shape index (κ2) is 9.91. The van der Waals surface area contributed by atoms with E-state index in [9.17, 15) is 13.6 Å². The van der Waals surface area contributed by atoms with Gasteiger partial charge in [0.25, 0.3) is 5.91 Å². The van der Waals surface area contributed by atoms with Crippen molar-refractivity contribution in [2.24, 2.45) is 0 Å². The molecule has 0 aliphatic carbocycles. The summed E-state index contributed by atoms with van der Waals surface area (Å²) in [5.41, 5.74) is 3.28. The summed E-state index contributed by atoms with van der Waals surface area (Å²) in [5, 5.41) is 0.552. The molecule has 1 atom stereocenters. The minimum Gasteiger partial charge on any atom is -0.493 e. The fraction of sp³-hybridized carbons (Fsp3) is 0.179. The van der Waals surface area contributed by atoms with Gasteiger partial charge in [-0.15, -0.1) is 11.3 Å². The summed E-state index contributed by atoms with van der Waals surface area (Å²) >= 11 is 7.87. The first-order chi connectivity index (χ1) is 17.4.